The zero-order valence-electron chi connectivity index (χ0n) is 12.4. The van der Waals surface area contributed by atoms with E-state index in [1.807, 2.05) is 6.92 Å². The second-order valence-electron chi connectivity index (χ2n) is 4.47. The number of carbonyl (C=O) groups excluding carboxylic acids is 1. The molecular weight excluding hydrogens is 260 g/mol. The number of amides is 1. The van der Waals surface area contributed by atoms with Gasteiger partial charge in [0.2, 0.25) is 5.88 Å². The predicted molar refractivity (Wildman–Crippen MR) is 75.9 cm³/mol. The predicted octanol–water partition coefficient (Wildman–Crippen LogP) is 1.86. The first-order chi connectivity index (χ1) is 9.55. The van der Waals surface area contributed by atoms with Crippen LogP contribution in [0.5, 0.6) is 5.88 Å². The Hall–Kier alpha value is -1.66. The van der Waals surface area contributed by atoms with Crippen LogP contribution in [0.3, 0.4) is 0 Å². The van der Waals surface area contributed by atoms with Gasteiger partial charge in [0, 0.05) is 20.3 Å². The van der Waals surface area contributed by atoms with Crippen LogP contribution in [0.25, 0.3) is 0 Å². The summed E-state index contributed by atoms with van der Waals surface area (Å²) in [5.74, 6) is 0.294. The minimum Gasteiger partial charge on any atom is -0.475 e. The van der Waals surface area contributed by atoms with E-state index in [-0.39, 0.29) is 5.91 Å². The summed E-state index contributed by atoms with van der Waals surface area (Å²) in [5, 5.41) is 2.77. The number of ether oxygens (including phenoxy) is 3. The van der Waals surface area contributed by atoms with Crippen molar-refractivity contribution in [2.45, 2.75) is 25.9 Å². The molecule has 0 aliphatic heterocycles. The Kier molecular flexibility index (Phi) is 6.41. The third-order valence-electron chi connectivity index (χ3n) is 3.14. The van der Waals surface area contributed by atoms with Gasteiger partial charge in [0.25, 0.3) is 5.91 Å². The average Bonchev–Trinajstić information content (AvgIpc) is 2.48. The Morgan fingerprint density at radius 2 is 2.10 bits per heavy atom. The Bertz CT molecular complexity index is 416. The van der Waals surface area contributed by atoms with Gasteiger partial charge < -0.3 is 19.5 Å². The van der Waals surface area contributed by atoms with Crippen molar-refractivity contribution in [3.05, 3.63) is 18.3 Å². The molecular formula is C14H22N2O4. The number of pyridine rings is 1. The van der Waals surface area contributed by atoms with Gasteiger partial charge in [0.15, 0.2) is 0 Å². The molecule has 0 spiro atoms. The summed E-state index contributed by atoms with van der Waals surface area (Å²) in [6.45, 7) is 4.59. The van der Waals surface area contributed by atoms with Crippen molar-refractivity contribution >= 4 is 11.6 Å². The molecule has 6 nitrogen and oxygen atoms in total. The summed E-state index contributed by atoms with van der Waals surface area (Å²) < 4.78 is 15.5. The lowest BCUT2D eigenvalue weighted by molar-refractivity contribution is -0.136. The maximum atomic E-state index is 12.1. The standard InChI is InChI=1S/C14H22N2O4/c1-5-14(2,19-4)13(17)16-11-6-7-12(15-10-11)20-9-8-18-3/h6-7,10H,5,8-9H2,1-4H3,(H,16,17)/t14-/m0/s1. The van der Waals surface area contributed by atoms with Crippen molar-refractivity contribution in [3.63, 3.8) is 0 Å². The average molecular weight is 282 g/mol. The lowest BCUT2D eigenvalue weighted by atomic mass is 10.0. The zero-order chi connectivity index (χ0) is 15.0. The number of nitrogens with zero attached hydrogens (tertiary/aromatic N) is 1. The highest BCUT2D eigenvalue weighted by molar-refractivity contribution is 5.96. The minimum atomic E-state index is -0.840. The first-order valence-corrected chi connectivity index (χ1v) is 6.50. The number of hydrogen-bond acceptors (Lipinski definition) is 5. The lowest BCUT2D eigenvalue weighted by Crippen LogP contribution is -2.41. The van der Waals surface area contributed by atoms with Crippen molar-refractivity contribution in [2.75, 3.05) is 32.8 Å². The molecule has 1 aromatic rings. The smallest absolute Gasteiger partial charge is 0.256 e. The summed E-state index contributed by atoms with van der Waals surface area (Å²) in [7, 11) is 3.13. The van der Waals surface area contributed by atoms with Crippen LogP contribution in [-0.4, -0.2) is 43.9 Å². The number of hydrogen-bond donors (Lipinski definition) is 1. The van der Waals surface area contributed by atoms with Gasteiger partial charge in [-0.1, -0.05) is 6.92 Å². The van der Waals surface area contributed by atoms with Crippen LogP contribution in [0.4, 0.5) is 5.69 Å². The van der Waals surface area contributed by atoms with Gasteiger partial charge in [-0.3, -0.25) is 4.79 Å². The molecule has 1 rings (SSSR count). The van der Waals surface area contributed by atoms with Gasteiger partial charge in [-0.15, -0.1) is 0 Å². The highest BCUT2D eigenvalue weighted by Crippen LogP contribution is 2.18. The molecule has 0 aromatic carbocycles. The van der Waals surface area contributed by atoms with Gasteiger partial charge >= 0.3 is 0 Å². The second kappa shape index (κ2) is 7.81. The maximum Gasteiger partial charge on any atom is 0.256 e. The molecule has 0 fully saturated rings. The van der Waals surface area contributed by atoms with E-state index in [4.69, 9.17) is 14.2 Å². The van der Waals surface area contributed by atoms with E-state index in [0.717, 1.165) is 0 Å². The molecule has 0 aliphatic carbocycles. The Balaban J connectivity index is 2.59. The molecule has 1 atom stereocenters. The van der Waals surface area contributed by atoms with Crippen LogP contribution < -0.4 is 10.1 Å². The van der Waals surface area contributed by atoms with Gasteiger partial charge in [0.1, 0.15) is 12.2 Å². The van der Waals surface area contributed by atoms with Crippen molar-refractivity contribution in [2.24, 2.45) is 0 Å². The molecule has 1 N–H and O–H groups in total. The number of nitrogens with one attached hydrogen (secondary N) is 1. The Morgan fingerprint density at radius 3 is 2.60 bits per heavy atom. The van der Waals surface area contributed by atoms with E-state index >= 15 is 0 Å². The molecule has 0 aliphatic rings. The second-order valence-corrected chi connectivity index (χ2v) is 4.47. The molecule has 6 heteroatoms. The number of anilines is 1. The lowest BCUT2D eigenvalue weighted by Gasteiger charge is -2.25. The zero-order valence-corrected chi connectivity index (χ0v) is 12.4. The van der Waals surface area contributed by atoms with Crippen LogP contribution >= 0.6 is 0 Å². The minimum absolute atomic E-state index is 0.197. The fourth-order valence-electron chi connectivity index (χ4n) is 1.43. The van der Waals surface area contributed by atoms with Gasteiger partial charge in [-0.25, -0.2) is 4.98 Å². The topological polar surface area (TPSA) is 69.7 Å². The molecule has 1 aromatic heterocycles. The molecule has 20 heavy (non-hydrogen) atoms. The Labute approximate surface area is 119 Å². The molecule has 1 heterocycles. The number of carbonyl (C=O) groups is 1. The van der Waals surface area contributed by atoms with Crippen LogP contribution in [0.2, 0.25) is 0 Å². The first kappa shape index (κ1) is 16.4. The van der Waals surface area contributed by atoms with E-state index in [0.29, 0.717) is 31.2 Å². The summed E-state index contributed by atoms with van der Waals surface area (Å²) in [5.41, 5.74) is -0.237. The van der Waals surface area contributed by atoms with E-state index in [2.05, 4.69) is 10.3 Å². The van der Waals surface area contributed by atoms with Gasteiger partial charge in [-0.2, -0.15) is 0 Å². The summed E-state index contributed by atoms with van der Waals surface area (Å²) in [6, 6.07) is 3.43. The molecule has 0 bridgehead atoms. The van der Waals surface area contributed by atoms with E-state index in [1.54, 1.807) is 32.4 Å². The summed E-state index contributed by atoms with van der Waals surface area (Å²) in [4.78, 5) is 16.2. The van der Waals surface area contributed by atoms with Crippen molar-refractivity contribution in [1.82, 2.24) is 4.98 Å². The molecule has 0 saturated carbocycles. The van der Waals surface area contributed by atoms with Crippen LogP contribution in [0, 0.1) is 0 Å². The van der Waals surface area contributed by atoms with Crippen LogP contribution in [0.1, 0.15) is 20.3 Å². The third-order valence-corrected chi connectivity index (χ3v) is 3.14. The quantitative estimate of drug-likeness (QED) is 0.737. The monoisotopic (exact) mass is 282 g/mol. The van der Waals surface area contributed by atoms with Gasteiger partial charge in [-0.05, 0) is 19.4 Å². The van der Waals surface area contributed by atoms with E-state index in [1.165, 1.54) is 7.11 Å². The normalized spacial score (nSPS) is 13.6. The fraction of sp³-hybridized carbons (Fsp3) is 0.571. The number of aromatic nitrogens is 1. The van der Waals surface area contributed by atoms with Crippen LogP contribution in [-0.2, 0) is 14.3 Å². The molecule has 112 valence electrons. The van der Waals surface area contributed by atoms with Crippen LogP contribution in [0.15, 0.2) is 18.3 Å². The Morgan fingerprint density at radius 1 is 1.35 bits per heavy atom. The van der Waals surface area contributed by atoms with Crippen molar-refractivity contribution in [3.8, 4) is 5.88 Å². The number of methoxy groups -OCH3 is 2. The first-order valence-electron chi connectivity index (χ1n) is 6.50. The van der Waals surface area contributed by atoms with Gasteiger partial charge in [0.05, 0.1) is 18.5 Å². The highest BCUT2D eigenvalue weighted by Gasteiger charge is 2.30. The van der Waals surface area contributed by atoms with Crippen molar-refractivity contribution < 1.29 is 19.0 Å². The maximum absolute atomic E-state index is 12.1. The molecule has 0 saturated heterocycles. The highest BCUT2D eigenvalue weighted by atomic mass is 16.5. The fourth-order valence-corrected chi connectivity index (χ4v) is 1.43. The SMILES string of the molecule is CC[C@](C)(OC)C(=O)Nc1ccc(OCCOC)nc1. The number of rotatable bonds is 8. The van der Waals surface area contributed by atoms with E-state index in [9.17, 15) is 4.79 Å². The molecule has 0 unspecified atom stereocenters. The largest absolute Gasteiger partial charge is 0.475 e. The summed E-state index contributed by atoms with van der Waals surface area (Å²) >= 11 is 0. The molecule has 0 radical (unpaired) electrons. The molecule has 1 amide bonds. The summed E-state index contributed by atoms with van der Waals surface area (Å²) in [6.07, 6.45) is 2.13. The third kappa shape index (κ3) is 4.47. The van der Waals surface area contributed by atoms with Crippen molar-refractivity contribution in [1.29, 1.82) is 0 Å². The van der Waals surface area contributed by atoms with E-state index < -0.39 is 5.60 Å².